The molecule has 1 atom stereocenters. The van der Waals surface area contributed by atoms with Crippen molar-refractivity contribution in [3.05, 3.63) is 35.9 Å². The molecule has 1 aromatic carbocycles. The summed E-state index contributed by atoms with van der Waals surface area (Å²) >= 11 is 0. The molecule has 1 unspecified atom stereocenters. The van der Waals surface area contributed by atoms with Gasteiger partial charge in [0, 0.05) is 12.6 Å². The highest BCUT2D eigenvalue weighted by atomic mass is 16.5. The first-order valence-corrected chi connectivity index (χ1v) is 6.66. The number of nitrogens with zero attached hydrogens (tertiary/aromatic N) is 1. The van der Waals surface area contributed by atoms with E-state index in [0.29, 0.717) is 12.6 Å². The summed E-state index contributed by atoms with van der Waals surface area (Å²) in [6.07, 6.45) is 4.44. The maximum Gasteiger partial charge on any atom is 0.119 e. The van der Waals surface area contributed by atoms with Gasteiger partial charge in [0.2, 0.25) is 0 Å². The fraction of sp³-hybridized carbons (Fsp3) is 0.533. The fourth-order valence-electron chi connectivity index (χ4n) is 1.88. The number of nitriles is 1. The van der Waals surface area contributed by atoms with E-state index in [9.17, 15) is 0 Å². The normalized spacial score (nSPS) is 16.2. The molecule has 0 radical (unpaired) electrons. The second-order valence-electron chi connectivity index (χ2n) is 4.79. The minimum atomic E-state index is -0.144. The summed E-state index contributed by atoms with van der Waals surface area (Å²) < 4.78 is 5.55. The van der Waals surface area contributed by atoms with Crippen molar-refractivity contribution in [1.29, 1.82) is 5.26 Å². The predicted molar refractivity (Wildman–Crippen MR) is 71.1 cm³/mol. The fourth-order valence-corrected chi connectivity index (χ4v) is 1.88. The van der Waals surface area contributed by atoms with E-state index in [1.165, 1.54) is 18.4 Å². The first kappa shape index (κ1) is 13.1. The monoisotopic (exact) mass is 244 g/mol. The molecule has 0 heterocycles. The molecule has 18 heavy (non-hydrogen) atoms. The zero-order valence-corrected chi connectivity index (χ0v) is 10.6. The van der Waals surface area contributed by atoms with Crippen molar-refractivity contribution in [1.82, 2.24) is 5.32 Å². The smallest absolute Gasteiger partial charge is 0.119 e. The van der Waals surface area contributed by atoms with E-state index >= 15 is 0 Å². The summed E-state index contributed by atoms with van der Waals surface area (Å²) in [5.74, 6) is 0. The maximum absolute atomic E-state index is 8.94. The van der Waals surface area contributed by atoms with Gasteiger partial charge in [-0.1, -0.05) is 30.3 Å². The van der Waals surface area contributed by atoms with Crippen molar-refractivity contribution in [3.8, 4) is 6.07 Å². The molecule has 1 aliphatic carbocycles. The molecule has 0 aromatic heterocycles. The van der Waals surface area contributed by atoms with Crippen molar-refractivity contribution in [2.75, 3.05) is 13.2 Å². The van der Waals surface area contributed by atoms with Crippen molar-refractivity contribution in [2.24, 2.45) is 0 Å². The van der Waals surface area contributed by atoms with Gasteiger partial charge in [0.15, 0.2) is 0 Å². The van der Waals surface area contributed by atoms with Gasteiger partial charge in [-0.05, 0) is 31.2 Å². The van der Waals surface area contributed by atoms with E-state index in [1.54, 1.807) is 0 Å². The SMILES string of the molecule is N#CC(COCCCc1ccccc1)NC1CC1. The molecule has 96 valence electrons. The van der Waals surface area contributed by atoms with Gasteiger partial charge in [-0.2, -0.15) is 5.26 Å². The van der Waals surface area contributed by atoms with Crippen LogP contribution in [0.5, 0.6) is 0 Å². The van der Waals surface area contributed by atoms with Gasteiger partial charge < -0.3 is 4.74 Å². The third kappa shape index (κ3) is 4.87. The highest BCUT2D eigenvalue weighted by Gasteiger charge is 2.24. The number of nitrogens with one attached hydrogen (secondary N) is 1. The summed E-state index contributed by atoms with van der Waals surface area (Å²) in [7, 11) is 0. The average molecular weight is 244 g/mol. The quantitative estimate of drug-likeness (QED) is 0.714. The summed E-state index contributed by atoms with van der Waals surface area (Å²) in [5, 5.41) is 12.2. The average Bonchev–Trinajstić information content (AvgIpc) is 3.22. The minimum Gasteiger partial charge on any atom is -0.379 e. The standard InChI is InChI=1S/C15H20N2O/c16-11-15(17-14-8-9-14)12-18-10-4-7-13-5-2-1-3-6-13/h1-3,5-6,14-15,17H,4,7-10,12H2. The third-order valence-electron chi connectivity index (χ3n) is 3.05. The van der Waals surface area contributed by atoms with Crippen molar-refractivity contribution in [2.45, 2.75) is 37.8 Å². The molecule has 0 saturated heterocycles. The van der Waals surface area contributed by atoms with Gasteiger partial charge >= 0.3 is 0 Å². The van der Waals surface area contributed by atoms with Gasteiger partial charge in [0.25, 0.3) is 0 Å². The van der Waals surface area contributed by atoms with Gasteiger partial charge in [-0.15, -0.1) is 0 Å². The van der Waals surface area contributed by atoms with Crippen LogP contribution in [-0.4, -0.2) is 25.3 Å². The first-order chi connectivity index (χ1) is 8.88. The van der Waals surface area contributed by atoms with Crippen molar-refractivity contribution >= 4 is 0 Å². The van der Waals surface area contributed by atoms with Crippen LogP contribution >= 0.6 is 0 Å². The Morgan fingerprint density at radius 2 is 2.11 bits per heavy atom. The van der Waals surface area contributed by atoms with Crippen LogP contribution in [0.25, 0.3) is 0 Å². The Hall–Kier alpha value is -1.37. The second-order valence-corrected chi connectivity index (χ2v) is 4.79. The summed E-state index contributed by atoms with van der Waals surface area (Å²) in [6.45, 7) is 1.22. The van der Waals surface area contributed by atoms with E-state index in [0.717, 1.165) is 19.4 Å². The molecule has 0 spiro atoms. The molecule has 0 aliphatic heterocycles. The molecule has 1 N–H and O–H groups in total. The first-order valence-electron chi connectivity index (χ1n) is 6.66. The lowest BCUT2D eigenvalue weighted by Gasteiger charge is -2.11. The zero-order chi connectivity index (χ0) is 12.6. The van der Waals surface area contributed by atoms with E-state index in [-0.39, 0.29) is 6.04 Å². The number of hydrogen-bond acceptors (Lipinski definition) is 3. The molecule has 3 heteroatoms. The Balaban J connectivity index is 1.54. The van der Waals surface area contributed by atoms with Crippen LogP contribution < -0.4 is 5.32 Å². The second kappa shape index (κ2) is 7.15. The van der Waals surface area contributed by atoms with Crippen molar-refractivity contribution < 1.29 is 4.74 Å². The van der Waals surface area contributed by atoms with E-state index in [1.807, 2.05) is 6.07 Å². The van der Waals surface area contributed by atoms with Crippen LogP contribution in [0.15, 0.2) is 30.3 Å². The minimum absolute atomic E-state index is 0.144. The number of benzene rings is 1. The lowest BCUT2D eigenvalue weighted by atomic mass is 10.1. The van der Waals surface area contributed by atoms with Crippen LogP contribution in [0.2, 0.25) is 0 Å². The van der Waals surface area contributed by atoms with Gasteiger partial charge in [0.05, 0.1) is 12.7 Å². The van der Waals surface area contributed by atoms with Crippen LogP contribution in [-0.2, 0) is 11.2 Å². The van der Waals surface area contributed by atoms with Gasteiger partial charge in [0.1, 0.15) is 6.04 Å². The summed E-state index contributed by atoms with van der Waals surface area (Å²) in [5.41, 5.74) is 1.34. The van der Waals surface area contributed by atoms with Gasteiger partial charge in [-0.3, -0.25) is 5.32 Å². The molecule has 1 saturated carbocycles. The lowest BCUT2D eigenvalue weighted by Crippen LogP contribution is -2.33. The Labute approximate surface area is 109 Å². The van der Waals surface area contributed by atoms with Crippen LogP contribution in [0, 0.1) is 11.3 Å². The Bertz CT molecular complexity index is 381. The Morgan fingerprint density at radius 1 is 1.33 bits per heavy atom. The predicted octanol–water partition coefficient (Wildman–Crippen LogP) is 2.28. The molecule has 1 fully saturated rings. The van der Waals surface area contributed by atoms with Crippen LogP contribution in [0.3, 0.4) is 0 Å². The molecular formula is C15H20N2O. The number of hydrogen-bond donors (Lipinski definition) is 1. The molecule has 2 rings (SSSR count). The maximum atomic E-state index is 8.94. The Morgan fingerprint density at radius 3 is 2.78 bits per heavy atom. The van der Waals surface area contributed by atoms with Crippen LogP contribution in [0.1, 0.15) is 24.8 Å². The highest BCUT2D eigenvalue weighted by Crippen LogP contribution is 2.19. The zero-order valence-electron chi connectivity index (χ0n) is 10.6. The van der Waals surface area contributed by atoms with E-state index in [4.69, 9.17) is 10.00 Å². The Kier molecular flexibility index (Phi) is 5.19. The van der Waals surface area contributed by atoms with E-state index < -0.39 is 0 Å². The highest BCUT2D eigenvalue weighted by molar-refractivity contribution is 5.14. The molecule has 3 nitrogen and oxygen atoms in total. The lowest BCUT2D eigenvalue weighted by molar-refractivity contribution is 0.120. The molecule has 0 amide bonds. The van der Waals surface area contributed by atoms with Crippen LogP contribution in [0.4, 0.5) is 0 Å². The number of rotatable bonds is 8. The summed E-state index contributed by atoms with van der Waals surface area (Å²) in [6, 6.07) is 13.1. The molecule has 1 aromatic rings. The molecular weight excluding hydrogens is 224 g/mol. The van der Waals surface area contributed by atoms with E-state index in [2.05, 4.69) is 35.7 Å². The molecule has 0 bridgehead atoms. The number of aryl methyl sites for hydroxylation is 1. The number of ether oxygens (including phenoxy) is 1. The summed E-state index contributed by atoms with van der Waals surface area (Å²) in [4.78, 5) is 0. The van der Waals surface area contributed by atoms with Crippen molar-refractivity contribution in [3.63, 3.8) is 0 Å². The van der Waals surface area contributed by atoms with Gasteiger partial charge in [-0.25, -0.2) is 0 Å². The third-order valence-corrected chi connectivity index (χ3v) is 3.05. The topological polar surface area (TPSA) is 45.0 Å². The molecule has 1 aliphatic rings. The largest absolute Gasteiger partial charge is 0.379 e.